The van der Waals surface area contributed by atoms with Crippen molar-refractivity contribution >= 4 is 27.5 Å². The first-order chi connectivity index (χ1) is 29.4. The van der Waals surface area contributed by atoms with Gasteiger partial charge in [-0.1, -0.05) is 144 Å². The topological polar surface area (TPSA) is 55.4 Å². The zero-order valence-electron chi connectivity index (χ0n) is 35.7. The van der Waals surface area contributed by atoms with E-state index in [9.17, 15) is 5.11 Å². The van der Waals surface area contributed by atoms with Crippen LogP contribution < -0.4 is 0 Å². The van der Waals surface area contributed by atoms with Crippen LogP contribution in [0.4, 0.5) is 0 Å². The van der Waals surface area contributed by atoms with Crippen molar-refractivity contribution in [1.29, 1.82) is 0 Å². The van der Waals surface area contributed by atoms with Crippen LogP contribution in [0.3, 0.4) is 0 Å². The molecule has 308 valence electrons. The van der Waals surface area contributed by atoms with Crippen LogP contribution in [-0.2, 0) is 31.9 Å². The quantitative estimate of drug-likeness (QED) is 0.169. The zero-order valence-corrected chi connectivity index (χ0v) is 38.0. The van der Waals surface area contributed by atoms with E-state index in [1.807, 2.05) is 24.3 Å². The van der Waals surface area contributed by atoms with E-state index < -0.39 is 0 Å². The summed E-state index contributed by atoms with van der Waals surface area (Å²) in [6.45, 7) is 13.6. The number of phenolic OH excluding ortho intramolecular Hbond substituents is 1. The van der Waals surface area contributed by atoms with Crippen molar-refractivity contribution in [2.45, 2.75) is 52.4 Å². The number of para-hydroxylation sites is 3. The molecule has 10 rings (SSSR count). The summed E-state index contributed by atoms with van der Waals surface area (Å²) in [6, 6.07) is 60.7. The molecule has 62 heavy (non-hydrogen) atoms. The van der Waals surface area contributed by atoms with Gasteiger partial charge in [0, 0.05) is 66.4 Å². The van der Waals surface area contributed by atoms with Gasteiger partial charge in [0.2, 0.25) is 0 Å². The predicted octanol–water partition coefficient (Wildman–Crippen LogP) is 14.3. The second-order valence-electron chi connectivity index (χ2n) is 18.1. The Balaban J connectivity index is 0.00000490. The Bertz CT molecular complexity index is 3260. The third kappa shape index (κ3) is 7.35. The molecule has 0 aliphatic carbocycles. The van der Waals surface area contributed by atoms with Crippen LogP contribution >= 0.6 is 0 Å². The van der Waals surface area contributed by atoms with Gasteiger partial charge in [0.05, 0.1) is 16.7 Å². The Kier molecular flexibility index (Phi) is 10.4. The standard InChI is InChI=1S/C56H47N4O.Pt/c1-55(2,3)41-30-39(31-42(35-41)56(4,5)6)40-32-47(57-48(33-40)46-22-11-13-24-51(46)61)36-17-16-18-37(29-36)53-54(59-28-15-14-25-52(59)58-53)38-26-27-45-44-21-10-12-23-49(44)60(50(45)34-38)43-19-8-7-9-20-43;/h7-28,30-35,61H,1-6H3;/q-1;. The summed E-state index contributed by atoms with van der Waals surface area (Å²) in [6.07, 6.45) is 2.09. The van der Waals surface area contributed by atoms with E-state index >= 15 is 0 Å². The fraction of sp³-hybridized carbons (Fsp3) is 0.143. The van der Waals surface area contributed by atoms with Crippen molar-refractivity contribution in [3.63, 3.8) is 0 Å². The molecule has 0 unspecified atom stereocenters. The molecular weight excluding hydrogens is 940 g/mol. The Morgan fingerprint density at radius 2 is 1.16 bits per heavy atom. The summed E-state index contributed by atoms with van der Waals surface area (Å²) < 4.78 is 4.53. The van der Waals surface area contributed by atoms with Crippen LogP contribution in [-0.4, -0.2) is 24.0 Å². The molecule has 0 spiro atoms. The van der Waals surface area contributed by atoms with Gasteiger partial charge in [-0.3, -0.25) is 9.97 Å². The second-order valence-corrected chi connectivity index (χ2v) is 18.1. The van der Waals surface area contributed by atoms with Gasteiger partial charge in [-0.15, -0.1) is 24.3 Å². The predicted molar refractivity (Wildman–Crippen MR) is 252 cm³/mol. The van der Waals surface area contributed by atoms with Gasteiger partial charge in [-0.25, -0.2) is 0 Å². The van der Waals surface area contributed by atoms with Gasteiger partial charge in [0.1, 0.15) is 11.4 Å². The Morgan fingerprint density at radius 3 is 1.92 bits per heavy atom. The van der Waals surface area contributed by atoms with Gasteiger partial charge in [-0.05, 0) is 93.2 Å². The fourth-order valence-electron chi connectivity index (χ4n) is 8.51. The average Bonchev–Trinajstić information content (AvgIpc) is 3.82. The van der Waals surface area contributed by atoms with E-state index in [0.717, 1.165) is 67.3 Å². The van der Waals surface area contributed by atoms with E-state index in [1.54, 1.807) is 6.07 Å². The molecule has 0 bridgehead atoms. The summed E-state index contributed by atoms with van der Waals surface area (Å²) in [5, 5.41) is 13.5. The number of aromatic hydroxyl groups is 1. The number of aromatic nitrogens is 4. The van der Waals surface area contributed by atoms with Crippen LogP contribution in [0.2, 0.25) is 0 Å². The number of fused-ring (bicyclic) bond motifs is 4. The number of benzene rings is 6. The summed E-state index contributed by atoms with van der Waals surface area (Å²) in [4.78, 5) is 10.5. The minimum atomic E-state index is -0.0526. The van der Waals surface area contributed by atoms with E-state index in [-0.39, 0.29) is 37.6 Å². The SMILES string of the molecule is CC(C)(C)c1cc(-c2cc(-c3[c-]c(-c4nc5ccccn5c4-c4ccc5c6ccccc6n(-c6ccccc6)c5c4)ccc3)nc(-c3ccccc3O)c2)cc(C(C)(C)C)c1.[Pt]. The first kappa shape index (κ1) is 40.8. The maximum atomic E-state index is 11.1. The maximum Gasteiger partial charge on any atom is 0.129 e. The van der Waals surface area contributed by atoms with E-state index in [2.05, 4.69) is 196 Å². The van der Waals surface area contributed by atoms with Crippen molar-refractivity contribution in [2.24, 2.45) is 0 Å². The summed E-state index contributed by atoms with van der Waals surface area (Å²) in [7, 11) is 0. The van der Waals surface area contributed by atoms with Crippen molar-refractivity contribution < 1.29 is 26.2 Å². The molecule has 0 saturated heterocycles. The van der Waals surface area contributed by atoms with Gasteiger partial charge >= 0.3 is 0 Å². The van der Waals surface area contributed by atoms with Crippen LogP contribution in [0.25, 0.3) is 89.3 Å². The molecule has 4 heterocycles. The molecule has 0 saturated carbocycles. The van der Waals surface area contributed by atoms with Gasteiger partial charge in [0.25, 0.3) is 0 Å². The van der Waals surface area contributed by atoms with Gasteiger partial charge < -0.3 is 14.1 Å². The Morgan fingerprint density at radius 1 is 0.516 bits per heavy atom. The number of phenols is 1. The van der Waals surface area contributed by atoms with Crippen LogP contribution in [0.1, 0.15) is 52.7 Å². The molecule has 4 aromatic heterocycles. The average molecular weight is 987 g/mol. The maximum absolute atomic E-state index is 11.1. The molecule has 5 nitrogen and oxygen atoms in total. The largest absolute Gasteiger partial charge is 0.507 e. The molecule has 6 aromatic carbocycles. The normalized spacial score (nSPS) is 12.0. The Hall–Kier alpha value is -6.55. The second kappa shape index (κ2) is 15.7. The number of imidazole rings is 1. The molecule has 0 fully saturated rings. The number of rotatable bonds is 6. The minimum Gasteiger partial charge on any atom is -0.507 e. The first-order valence-electron chi connectivity index (χ1n) is 21.0. The van der Waals surface area contributed by atoms with Crippen molar-refractivity contribution in [3.05, 3.63) is 187 Å². The molecule has 1 N–H and O–H groups in total. The zero-order chi connectivity index (χ0) is 42.0. The van der Waals surface area contributed by atoms with Gasteiger partial charge in [0.15, 0.2) is 0 Å². The minimum absolute atomic E-state index is 0. The monoisotopic (exact) mass is 986 g/mol. The van der Waals surface area contributed by atoms with E-state index in [4.69, 9.17) is 9.97 Å². The molecule has 0 atom stereocenters. The summed E-state index contributed by atoms with van der Waals surface area (Å²) >= 11 is 0. The van der Waals surface area contributed by atoms with Crippen LogP contribution in [0.15, 0.2) is 170 Å². The molecule has 10 aromatic rings. The van der Waals surface area contributed by atoms with Crippen molar-refractivity contribution in [2.75, 3.05) is 0 Å². The van der Waals surface area contributed by atoms with Crippen molar-refractivity contribution in [1.82, 2.24) is 18.9 Å². The molecule has 0 radical (unpaired) electrons. The molecule has 0 aliphatic heterocycles. The molecule has 0 amide bonds. The third-order valence-corrected chi connectivity index (χ3v) is 11.8. The van der Waals surface area contributed by atoms with Crippen LogP contribution in [0.5, 0.6) is 5.75 Å². The van der Waals surface area contributed by atoms with Crippen LogP contribution in [0, 0.1) is 6.07 Å². The molecule has 6 heteroatoms. The summed E-state index contributed by atoms with van der Waals surface area (Å²) in [5.74, 6) is 0.187. The summed E-state index contributed by atoms with van der Waals surface area (Å²) in [5.41, 5.74) is 15.5. The Labute approximate surface area is 377 Å². The first-order valence-corrected chi connectivity index (χ1v) is 21.0. The number of pyridine rings is 2. The van der Waals surface area contributed by atoms with E-state index in [0.29, 0.717) is 11.3 Å². The molecule has 0 aliphatic rings. The van der Waals surface area contributed by atoms with E-state index in [1.165, 1.54) is 21.9 Å². The molecular formula is C56H47N4OPt-. The van der Waals surface area contributed by atoms with Gasteiger partial charge in [-0.2, -0.15) is 0 Å². The van der Waals surface area contributed by atoms with Crippen molar-refractivity contribution in [3.8, 4) is 67.6 Å². The fourth-order valence-corrected chi connectivity index (χ4v) is 8.51. The number of nitrogens with zero attached hydrogens (tertiary/aromatic N) is 4. The smallest absolute Gasteiger partial charge is 0.129 e. The third-order valence-electron chi connectivity index (χ3n) is 11.8. The number of hydrogen-bond acceptors (Lipinski definition) is 3. The number of hydrogen-bond donors (Lipinski definition) is 1.